The minimum atomic E-state index is -0.281. The normalized spacial score (nSPS) is 23.1. The lowest BCUT2D eigenvalue weighted by atomic mass is 9.78. The van der Waals surface area contributed by atoms with Crippen LogP contribution in [0.3, 0.4) is 0 Å². The van der Waals surface area contributed by atoms with E-state index in [2.05, 4.69) is 13.8 Å². The molecule has 0 radical (unpaired) electrons. The highest BCUT2D eigenvalue weighted by Gasteiger charge is 2.31. The van der Waals surface area contributed by atoms with Gasteiger partial charge in [0.25, 0.3) is 5.56 Å². The summed E-state index contributed by atoms with van der Waals surface area (Å²) in [6.07, 6.45) is 3.27. The van der Waals surface area contributed by atoms with Crippen molar-refractivity contribution in [1.29, 1.82) is 0 Å². The zero-order valence-electron chi connectivity index (χ0n) is 15.6. The Bertz CT molecular complexity index is 849. The van der Waals surface area contributed by atoms with Gasteiger partial charge in [0.15, 0.2) is 5.16 Å². The van der Waals surface area contributed by atoms with Crippen LogP contribution < -0.4 is 5.56 Å². The lowest BCUT2D eigenvalue weighted by molar-refractivity contribution is -0.139. The molecule has 0 amide bonds. The third-order valence-corrected chi connectivity index (χ3v) is 6.32. The summed E-state index contributed by atoms with van der Waals surface area (Å²) < 4.78 is 6.87. The van der Waals surface area contributed by atoms with Crippen molar-refractivity contribution in [3.8, 4) is 0 Å². The van der Waals surface area contributed by atoms with Gasteiger partial charge in [-0.25, -0.2) is 4.98 Å². The second kappa shape index (κ2) is 8.25. The van der Waals surface area contributed by atoms with Crippen molar-refractivity contribution in [3.05, 3.63) is 34.6 Å². The van der Waals surface area contributed by atoms with Crippen molar-refractivity contribution in [1.82, 2.24) is 9.55 Å². The van der Waals surface area contributed by atoms with Crippen LogP contribution in [0.1, 0.15) is 46.1 Å². The van der Waals surface area contributed by atoms with Crippen LogP contribution in [0, 0.1) is 11.8 Å². The fraction of sp³-hybridized carbons (Fsp3) is 0.550. The summed E-state index contributed by atoms with van der Waals surface area (Å²) in [5.74, 6) is 0.841. The Hall–Kier alpha value is -1.82. The average Bonchev–Trinajstić information content (AvgIpc) is 2.63. The van der Waals surface area contributed by atoms with Crippen LogP contribution in [-0.4, -0.2) is 27.9 Å². The van der Waals surface area contributed by atoms with Gasteiger partial charge in [-0.3, -0.25) is 14.2 Å². The number of carbonyl (C=O) groups is 1. The molecule has 5 nitrogen and oxygen atoms in total. The molecule has 0 aliphatic heterocycles. The van der Waals surface area contributed by atoms with E-state index in [1.54, 1.807) is 6.92 Å². The molecule has 2 aromatic rings. The summed E-state index contributed by atoms with van der Waals surface area (Å²) in [5, 5.41) is 1.26. The lowest BCUT2D eigenvalue weighted by Crippen LogP contribution is -2.35. The Morgan fingerprint density at radius 1 is 1.31 bits per heavy atom. The van der Waals surface area contributed by atoms with Gasteiger partial charge in [-0.2, -0.15) is 0 Å². The number of nitrogens with zero attached hydrogens (tertiary/aromatic N) is 2. The van der Waals surface area contributed by atoms with E-state index in [4.69, 9.17) is 9.72 Å². The topological polar surface area (TPSA) is 61.2 Å². The quantitative estimate of drug-likeness (QED) is 0.449. The third kappa shape index (κ3) is 3.80. The summed E-state index contributed by atoms with van der Waals surface area (Å²) in [6, 6.07) is 7.55. The molecule has 3 rings (SSSR count). The molecule has 1 heterocycles. The van der Waals surface area contributed by atoms with Gasteiger partial charge < -0.3 is 4.74 Å². The molecule has 0 bridgehead atoms. The predicted molar refractivity (Wildman–Crippen MR) is 105 cm³/mol. The Kier molecular flexibility index (Phi) is 6.01. The molecule has 0 spiro atoms. The number of hydrogen-bond acceptors (Lipinski definition) is 5. The minimum absolute atomic E-state index is 0.00657. The summed E-state index contributed by atoms with van der Waals surface area (Å²) >= 11 is 1.30. The zero-order chi connectivity index (χ0) is 18.7. The van der Waals surface area contributed by atoms with E-state index in [1.165, 1.54) is 18.2 Å². The van der Waals surface area contributed by atoms with Gasteiger partial charge in [0.1, 0.15) is 0 Å². The van der Waals surface area contributed by atoms with Crippen molar-refractivity contribution >= 4 is 28.6 Å². The van der Waals surface area contributed by atoms with Crippen LogP contribution >= 0.6 is 11.8 Å². The fourth-order valence-electron chi connectivity index (χ4n) is 3.76. The molecule has 140 valence electrons. The van der Waals surface area contributed by atoms with Gasteiger partial charge in [-0.15, -0.1) is 0 Å². The van der Waals surface area contributed by atoms with Gasteiger partial charge in [0.05, 0.1) is 23.3 Å². The number of fused-ring (bicyclic) bond motifs is 1. The fourth-order valence-corrected chi connectivity index (χ4v) is 4.61. The predicted octanol–water partition coefficient (Wildman–Crippen LogP) is 4.05. The van der Waals surface area contributed by atoms with Crippen LogP contribution in [0.25, 0.3) is 10.9 Å². The summed E-state index contributed by atoms with van der Waals surface area (Å²) in [5.41, 5.74) is 0.671. The molecule has 1 aliphatic carbocycles. The molecule has 1 aliphatic rings. The Balaban J connectivity index is 2.05. The summed E-state index contributed by atoms with van der Waals surface area (Å²) in [6.45, 7) is 6.62. The molecule has 0 saturated heterocycles. The first-order chi connectivity index (χ1) is 12.5. The molecular formula is C20H26N2O3S. The van der Waals surface area contributed by atoms with E-state index in [9.17, 15) is 9.59 Å². The molecule has 1 saturated carbocycles. The Labute approximate surface area is 158 Å². The maximum Gasteiger partial charge on any atom is 0.316 e. The highest BCUT2D eigenvalue weighted by molar-refractivity contribution is 7.99. The molecule has 1 aromatic heterocycles. The van der Waals surface area contributed by atoms with Crippen molar-refractivity contribution < 1.29 is 9.53 Å². The number of benzene rings is 1. The molecule has 26 heavy (non-hydrogen) atoms. The molecule has 0 unspecified atom stereocenters. The smallest absolute Gasteiger partial charge is 0.316 e. The van der Waals surface area contributed by atoms with E-state index < -0.39 is 0 Å². The number of ether oxygens (including phenoxy) is 1. The van der Waals surface area contributed by atoms with Gasteiger partial charge >= 0.3 is 5.97 Å². The number of carbonyl (C=O) groups excluding carboxylic acids is 1. The molecular weight excluding hydrogens is 348 g/mol. The molecule has 0 N–H and O–H groups in total. The number of para-hydroxylation sites is 1. The zero-order valence-corrected chi connectivity index (χ0v) is 16.4. The monoisotopic (exact) mass is 374 g/mol. The molecule has 3 atom stereocenters. The number of esters is 1. The lowest BCUT2D eigenvalue weighted by Gasteiger charge is -2.36. The van der Waals surface area contributed by atoms with Crippen LogP contribution in [0.5, 0.6) is 0 Å². The van der Waals surface area contributed by atoms with Gasteiger partial charge in [0, 0.05) is 6.04 Å². The number of rotatable bonds is 5. The Morgan fingerprint density at radius 2 is 2.08 bits per heavy atom. The maximum atomic E-state index is 13.3. The highest BCUT2D eigenvalue weighted by Crippen LogP contribution is 2.38. The van der Waals surface area contributed by atoms with Crippen molar-refractivity contribution in [2.75, 3.05) is 12.4 Å². The highest BCUT2D eigenvalue weighted by atomic mass is 32.2. The van der Waals surface area contributed by atoms with E-state index in [1.807, 2.05) is 28.8 Å². The van der Waals surface area contributed by atoms with Crippen molar-refractivity contribution in [3.63, 3.8) is 0 Å². The Morgan fingerprint density at radius 3 is 2.85 bits per heavy atom. The first kappa shape index (κ1) is 19.0. The van der Waals surface area contributed by atoms with Crippen LogP contribution in [-0.2, 0) is 9.53 Å². The largest absolute Gasteiger partial charge is 0.465 e. The number of aromatic nitrogens is 2. The van der Waals surface area contributed by atoms with E-state index in [-0.39, 0.29) is 23.3 Å². The number of thioether (sulfide) groups is 1. The SMILES string of the molecule is CCOC(=O)CSc1nc2ccccc2c(=O)n1[C@H]1CCC[C@H](C)[C@@H]1C. The van der Waals surface area contributed by atoms with Crippen molar-refractivity contribution in [2.45, 2.75) is 51.2 Å². The van der Waals surface area contributed by atoms with Crippen LogP contribution in [0.4, 0.5) is 0 Å². The second-order valence-electron chi connectivity index (χ2n) is 7.02. The van der Waals surface area contributed by atoms with Gasteiger partial charge in [0.2, 0.25) is 0 Å². The first-order valence-corrected chi connectivity index (χ1v) is 10.3. The third-order valence-electron chi connectivity index (χ3n) is 5.40. The molecule has 6 heteroatoms. The first-order valence-electron chi connectivity index (χ1n) is 9.32. The minimum Gasteiger partial charge on any atom is -0.465 e. The molecule has 1 aromatic carbocycles. The van der Waals surface area contributed by atoms with E-state index in [0.717, 1.165) is 12.8 Å². The maximum absolute atomic E-state index is 13.3. The second-order valence-corrected chi connectivity index (χ2v) is 7.96. The van der Waals surface area contributed by atoms with Gasteiger partial charge in [-0.1, -0.05) is 50.6 Å². The van der Waals surface area contributed by atoms with Crippen LogP contribution in [0.2, 0.25) is 0 Å². The number of hydrogen-bond donors (Lipinski definition) is 0. The standard InChI is InChI=1S/C20H26N2O3S/c1-4-25-18(23)12-26-20-21-16-10-6-5-9-15(16)19(24)22(20)17-11-7-8-13(2)14(17)3/h5-6,9-10,13-14,17H,4,7-8,11-12H2,1-3H3/t13-,14-,17-/m0/s1. The van der Waals surface area contributed by atoms with E-state index >= 15 is 0 Å². The summed E-state index contributed by atoms with van der Waals surface area (Å²) in [7, 11) is 0. The van der Waals surface area contributed by atoms with Crippen molar-refractivity contribution in [2.24, 2.45) is 11.8 Å². The van der Waals surface area contributed by atoms with E-state index in [0.29, 0.717) is 34.5 Å². The average molecular weight is 375 g/mol. The van der Waals surface area contributed by atoms with Crippen LogP contribution in [0.15, 0.2) is 34.2 Å². The van der Waals surface area contributed by atoms with Gasteiger partial charge in [-0.05, 0) is 37.3 Å². The molecule has 1 fully saturated rings. The summed E-state index contributed by atoms with van der Waals surface area (Å²) in [4.78, 5) is 29.8.